The number of nitrogens with two attached hydrogens (primary N) is 4. The van der Waals surface area contributed by atoms with Crippen LogP contribution in [0.4, 0.5) is 5.69 Å². The number of para-hydroxylation sites is 1. The van der Waals surface area contributed by atoms with Gasteiger partial charge in [0.25, 0.3) is 5.91 Å². The first-order valence-electron chi connectivity index (χ1n) is 25.2. The van der Waals surface area contributed by atoms with Gasteiger partial charge in [0.2, 0.25) is 53.0 Å². The van der Waals surface area contributed by atoms with E-state index in [1.807, 2.05) is 0 Å². The molecule has 2 aromatic carbocycles. The van der Waals surface area contributed by atoms with Crippen molar-refractivity contribution in [2.45, 2.75) is 133 Å². The van der Waals surface area contributed by atoms with Crippen molar-refractivity contribution in [2.75, 3.05) is 38.0 Å². The fourth-order valence-electron chi connectivity index (χ4n) is 7.76. The van der Waals surface area contributed by atoms with Crippen LogP contribution in [-0.4, -0.2) is 161 Å². The molecule has 0 unspecified atom stereocenters. The molecule has 26 nitrogen and oxygen atoms in total. The number of hydrogen-bond acceptors (Lipinski definition) is 16. The predicted octanol–water partition coefficient (Wildman–Crippen LogP) is -4.86. The lowest BCUT2D eigenvalue weighted by atomic mass is 9.96. The highest BCUT2D eigenvalue weighted by Gasteiger charge is 2.39. The Morgan fingerprint density at radius 2 is 1.21 bits per heavy atom. The van der Waals surface area contributed by atoms with E-state index >= 15 is 0 Å². The minimum absolute atomic E-state index is 0.0293. The Bertz CT molecular complexity index is 2280. The Hall–Kier alpha value is -6.88. The highest BCUT2D eigenvalue weighted by molar-refractivity contribution is 7.80. The molecule has 21 N–H and O–H groups in total. The lowest BCUT2D eigenvalue weighted by molar-refractivity contribution is -0.148. The highest BCUT2D eigenvalue weighted by Crippen LogP contribution is 2.13. The average Bonchev–Trinajstić information content (AvgIpc) is 3.37. The number of carbonyl (C=O) groups excluding carboxylic acids is 9. The van der Waals surface area contributed by atoms with Gasteiger partial charge in [0, 0.05) is 18.7 Å². The van der Waals surface area contributed by atoms with Crippen molar-refractivity contribution in [1.29, 1.82) is 0 Å². The molecule has 9 amide bonds. The van der Waals surface area contributed by atoms with E-state index in [2.05, 4.69) is 58.5 Å². The number of rotatable bonds is 19. The molecule has 420 valence electrons. The van der Waals surface area contributed by atoms with Crippen LogP contribution < -0.4 is 81.4 Å². The molecule has 1 heterocycles. The van der Waals surface area contributed by atoms with Gasteiger partial charge in [0.15, 0.2) is 5.11 Å². The van der Waals surface area contributed by atoms with Crippen LogP contribution in [0.2, 0.25) is 0 Å². The standard InChI is InChI=1S/C49H77N15O11S/c1-5-27(2)37-45(72)59-32(17-22-51)39(66)57-34(19-24-53)44(71)64-49(4,75)47(74)54-25-20-35(42(69)56-31(16-21-50)41(68)61-36(43(70)62-37)26-29-12-8-6-9-13-29)58-40(67)33(18-23-52)60-46(73)38(28(3)65)63-48(76)55-30-14-10-7-11-15-30/h6-15,27-28,31-38,65,75H,5,16-26,50-53H2,1-4H3,(H,54,74)(H,56,69)(H,57,66)(H,58,67)(H,59,72)(H,60,73)(H,61,68)(H,62,70)(H,64,71)(H2,55,63,76)/t27-,28+,31-,32-,33-,34-,35-,36+,37-,38-,49-/m0/s1. The summed E-state index contributed by atoms with van der Waals surface area (Å²) in [6.45, 7) is 4.64. The maximum atomic E-state index is 14.4. The zero-order valence-electron chi connectivity index (χ0n) is 43.3. The van der Waals surface area contributed by atoms with Crippen molar-refractivity contribution in [3.8, 4) is 0 Å². The monoisotopic (exact) mass is 1080 g/mol. The van der Waals surface area contributed by atoms with Gasteiger partial charge in [-0.2, -0.15) is 0 Å². The number of amides is 9. The number of anilines is 1. The van der Waals surface area contributed by atoms with Crippen LogP contribution in [0.1, 0.15) is 71.8 Å². The number of aliphatic hydroxyl groups is 2. The van der Waals surface area contributed by atoms with Crippen LogP contribution in [0.25, 0.3) is 0 Å². The summed E-state index contributed by atoms with van der Waals surface area (Å²) >= 11 is 5.36. The van der Waals surface area contributed by atoms with Crippen LogP contribution >= 0.6 is 12.2 Å². The number of thiocarbonyl (C=S) groups is 1. The number of carbonyl (C=O) groups is 9. The SMILES string of the molecule is CC[C@H](C)[C@@H]1NC(=O)[C@@H](Cc2ccccc2)NC(=O)[C@H](CCN)NC(=O)[C@@H](NC(=O)[C@H](CCN)NC(=O)[C@@H](NC(=S)Nc2ccccc2)[C@@H](C)O)CCNC(=O)[C@](C)(O)NC(=O)[C@H](CCN)NC(=O)[C@H](CCN)NC1=O. The fourth-order valence-corrected chi connectivity index (χ4v) is 8.00. The molecule has 27 heteroatoms. The van der Waals surface area contributed by atoms with Crippen LogP contribution in [-0.2, 0) is 49.6 Å². The van der Waals surface area contributed by atoms with Crippen LogP contribution in [0.15, 0.2) is 60.7 Å². The molecule has 3 rings (SSSR count). The molecule has 0 bridgehead atoms. The van der Waals surface area contributed by atoms with Gasteiger partial charge in [-0.3, -0.25) is 43.2 Å². The first-order chi connectivity index (χ1) is 36.1. The first kappa shape index (κ1) is 63.4. The number of aliphatic hydroxyl groups excluding tert-OH is 1. The molecular weight excluding hydrogens is 1010 g/mol. The first-order valence-corrected chi connectivity index (χ1v) is 25.6. The van der Waals surface area contributed by atoms with Crippen LogP contribution in [0, 0.1) is 5.92 Å². The summed E-state index contributed by atoms with van der Waals surface area (Å²) in [7, 11) is 0. The molecule has 0 radical (unpaired) electrons. The van der Waals surface area contributed by atoms with Crippen molar-refractivity contribution in [1.82, 2.24) is 53.2 Å². The molecule has 1 aliphatic rings. The largest absolute Gasteiger partial charge is 0.391 e. The summed E-state index contributed by atoms with van der Waals surface area (Å²) in [6, 6.07) is 5.90. The molecule has 0 aliphatic carbocycles. The van der Waals surface area contributed by atoms with Crippen molar-refractivity contribution >= 4 is 76.2 Å². The van der Waals surface area contributed by atoms with E-state index in [0.717, 1.165) is 6.92 Å². The summed E-state index contributed by atoms with van der Waals surface area (Å²) < 4.78 is 0. The van der Waals surface area contributed by atoms with Gasteiger partial charge < -0.3 is 91.6 Å². The Balaban J connectivity index is 2.09. The predicted molar refractivity (Wildman–Crippen MR) is 285 cm³/mol. The number of hydrogen-bond donors (Lipinski definition) is 17. The molecular formula is C49H77N15O11S. The second-order valence-electron chi connectivity index (χ2n) is 18.5. The molecule has 76 heavy (non-hydrogen) atoms. The molecule has 0 spiro atoms. The van der Waals surface area contributed by atoms with E-state index in [1.165, 1.54) is 6.92 Å². The maximum Gasteiger partial charge on any atom is 0.272 e. The normalized spacial score (nSPS) is 24.2. The van der Waals surface area contributed by atoms with E-state index in [-0.39, 0.29) is 63.4 Å². The molecule has 0 saturated carbocycles. The Labute approximate surface area is 447 Å². The van der Waals surface area contributed by atoms with Gasteiger partial charge >= 0.3 is 0 Å². The molecule has 1 saturated heterocycles. The third-order valence-electron chi connectivity index (χ3n) is 12.3. The van der Waals surface area contributed by atoms with Gasteiger partial charge in [-0.15, -0.1) is 0 Å². The quantitative estimate of drug-likeness (QED) is 0.0587. The zero-order valence-corrected chi connectivity index (χ0v) is 44.1. The van der Waals surface area contributed by atoms with Gasteiger partial charge in [-0.25, -0.2) is 0 Å². The Kier molecular flexibility index (Phi) is 26.6. The summed E-state index contributed by atoms with van der Waals surface area (Å²) in [4.78, 5) is 126. The zero-order chi connectivity index (χ0) is 56.5. The number of nitrogens with one attached hydrogen (secondary N) is 11. The molecule has 11 atom stereocenters. The fraction of sp³-hybridized carbons (Fsp3) is 0.551. The minimum atomic E-state index is -2.66. The average molecular weight is 1080 g/mol. The number of benzene rings is 2. The molecule has 2 aromatic rings. The third kappa shape index (κ3) is 20.3. The van der Waals surface area contributed by atoms with E-state index in [9.17, 15) is 53.4 Å². The Morgan fingerprint density at radius 1 is 0.697 bits per heavy atom. The Morgan fingerprint density at radius 3 is 1.75 bits per heavy atom. The summed E-state index contributed by atoms with van der Waals surface area (Å²) in [5, 5.41) is 50.2. The van der Waals surface area contributed by atoms with Crippen LogP contribution in [0.3, 0.4) is 0 Å². The minimum Gasteiger partial charge on any atom is -0.391 e. The molecule has 0 aromatic heterocycles. The van der Waals surface area contributed by atoms with E-state index in [0.29, 0.717) is 17.7 Å². The second kappa shape index (κ2) is 31.9. The molecule has 1 aliphatic heterocycles. The van der Waals surface area contributed by atoms with Gasteiger partial charge in [0.1, 0.15) is 48.3 Å². The van der Waals surface area contributed by atoms with Crippen molar-refractivity contribution in [3.63, 3.8) is 0 Å². The summed E-state index contributed by atoms with van der Waals surface area (Å²) in [5.41, 5.74) is 21.9. The topological polar surface area (TPSA) is 430 Å². The molecule has 1 fully saturated rings. The van der Waals surface area contributed by atoms with Crippen molar-refractivity contribution in [2.24, 2.45) is 28.9 Å². The van der Waals surface area contributed by atoms with Gasteiger partial charge in [0.05, 0.1) is 6.10 Å². The summed E-state index contributed by atoms with van der Waals surface area (Å²) in [5.74, 6) is -9.01. The maximum absolute atomic E-state index is 14.4. The smallest absolute Gasteiger partial charge is 0.272 e. The van der Waals surface area contributed by atoms with Gasteiger partial charge in [-0.1, -0.05) is 68.8 Å². The van der Waals surface area contributed by atoms with E-state index in [4.69, 9.17) is 35.2 Å². The van der Waals surface area contributed by atoms with Crippen molar-refractivity contribution < 1.29 is 53.4 Å². The highest BCUT2D eigenvalue weighted by atomic mass is 32.1. The van der Waals surface area contributed by atoms with Gasteiger partial charge in [-0.05, 0) is 108 Å². The second-order valence-corrected chi connectivity index (χ2v) is 18.9. The third-order valence-corrected chi connectivity index (χ3v) is 12.5. The van der Waals surface area contributed by atoms with E-state index in [1.54, 1.807) is 74.5 Å². The lowest BCUT2D eigenvalue weighted by Gasteiger charge is -2.30. The summed E-state index contributed by atoms with van der Waals surface area (Å²) in [6.07, 6.45) is -2.25. The van der Waals surface area contributed by atoms with E-state index < -0.39 is 132 Å². The lowest BCUT2D eigenvalue weighted by Crippen LogP contribution is -2.63. The van der Waals surface area contributed by atoms with Crippen molar-refractivity contribution in [3.05, 3.63) is 66.2 Å². The van der Waals surface area contributed by atoms with Crippen LogP contribution in [0.5, 0.6) is 0 Å².